The van der Waals surface area contributed by atoms with E-state index in [2.05, 4.69) is 18.2 Å². The second-order valence-corrected chi connectivity index (χ2v) is 4.52. The summed E-state index contributed by atoms with van der Waals surface area (Å²) >= 11 is 0. The predicted octanol–water partition coefficient (Wildman–Crippen LogP) is 2.70. The number of hydrogen-bond acceptors (Lipinski definition) is 2. The first-order valence-electron chi connectivity index (χ1n) is 5.75. The van der Waals surface area contributed by atoms with Crippen LogP contribution in [-0.2, 0) is 9.47 Å². The molecule has 0 saturated heterocycles. The second-order valence-electron chi connectivity index (χ2n) is 4.52. The van der Waals surface area contributed by atoms with Gasteiger partial charge in [-0.1, -0.05) is 18.6 Å². The minimum absolute atomic E-state index is 0.148. The molecule has 0 fully saturated rings. The maximum atomic E-state index is 5.66. The highest BCUT2D eigenvalue weighted by Gasteiger charge is 2.31. The predicted molar refractivity (Wildman–Crippen MR) is 60.8 cm³/mol. The van der Waals surface area contributed by atoms with E-state index in [0.29, 0.717) is 5.92 Å². The van der Waals surface area contributed by atoms with Crippen molar-refractivity contribution in [2.24, 2.45) is 5.92 Å². The molecule has 0 unspecified atom stereocenters. The molecule has 2 nitrogen and oxygen atoms in total. The number of rotatable bonds is 3. The van der Waals surface area contributed by atoms with Gasteiger partial charge in [0.2, 0.25) is 0 Å². The van der Waals surface area contributed by atoms with Crippen LogP contribution in [0.1, 0.15) is 25.7 Å². The largest absolute Gasteiger partial charge is 0.380 e. The summed E-state index contributed by atoms with van der Waals surface area (Å²) in [7, 11) is 3.56. The molecule has 0 aromatic rings. The van der Waals surface area contributed by atoms with Gasteiger partial charge >= 0.3 is 0 Å². The molecule has 0 amide bonds. The third-order valence-corrected chi connectivity index (χ3v) is 3.54. The van der Waals surface area contributed by atoms with Crippen LogP contribution in [0, 0.1) is 5.92 Å². The minimum atomic E-state index is -0.148. The van der Waals surface area contributed by atoms with Gasteiger partial charge in [0.05, 0.1) is 6.61 Å². The quantitative estimate of drug-likeness (QED) is 0.664. The summed E-state index contributed by atoms with van der Waals surface area (Å²) in [6.07, 6.45) is 11.7. The van der Waals surface area contributed by atoms with Gasteiger partial charge in [-0.3, -0.25) is 0 Å². The van der Waals surface area contributed by atoms with E-state index >= 15 is 0 Å². The van der Waals surface area contributed by atoms with Crippen molar-refractivity contribution < 1.29 is 9.47 Å². The second kappa shape index (κ2) is 4.50. The third kappa shape index (κ3) is 2.16. The lowest BCUT2D eigenvalue weighted by molar-refractivity contribution is 0.0563. The third-order valence-electron chi connectivity index (χ3n) is 3.54. The van der Waals surface area contributed by atoms with Crippen LogP contribution in [0.15, 0.2) is 23.8 Å². The average Bonchev–Trinajstić information content (AvgIpc) is 2.21. The number of hydrogen-bond donors (Lipinski definition) is 0. The van der Waals surface area contributed by atoms with Crippen molar-refractivity contribution in [2.45, 2.75) is 31.3 Å². The number of fused-ring (bicyclic) bond motifs is 3. The van der Waals surface area contributed by atoms with Crippen molar-refractivity contribution in [3.63, 3.8) is 0 Å². The van der Waals surface area contributed by atoms with E-state index in [-0.39, 0.29) is 5.60 Å². The van der Waals surface area contributed by atoms with Crippen molar-refractivity contribution in [1.29, 1.82) is 0 Å². The number of ether oxygens (including phenoxy) is 2. The molecule has 3 aliphatic rings. The van der Waals surface area contributed by atoms with Crippen molar-refractivity contribution in [2.75, 3.05) is 20.8 Å². The van der Waals surface area contributed by atoms with Gasteiger partial charge in [-0.25, -0.2) is 0 Å². The van der Waals surface area contributed by atoms with Crippen LogP contribution in [0.2, 0.25) is 0 Å². The molecule has 84 valence electrons. The van der Waals surface area contributed by atoms with Crippen molar-refractivity contribution in [1.82, 2.24) is 0 Å². The van der Waals surface area contributed by atoms with E-state index in [1.807, 2.05) is 0 Å². The van der Waals surface area contributed by atoms with Gasteiger partial charge in [-0.05, 0) is 30.9 Å². The molecule has 0 heterocycles. The van der Waals surface area contributed by atoms with E-state index in [1.165, 1.54) is 24.8 Å². The molecular weight excluding hydrogens is 188 g/mol. The maximum absolute atomic E-state index is 5.66. The van der Waals surface area contributed by atoms with Gasteiger partial charge in [0.1, 0.15) is 5.60 Å². The monoisotopic (exact) mass is 208 g/mol. The minimum Gasteiger partial charge on any atom is -0.380 e. The van der Waals surface area contributed by atoms with Gasteiger partial charge in [0, 0.05) is 20.1 Å². The van der Waals surface area contributed by atoms with Gasteiger partial charge in [0.25, 0.3) is 0 Å². The molecule has 0 radical (unpaired) electrons. The summed E-state index contributed by atoms with van der Waals surface area (Å²) in [4.78, 5) is 0. The molecule has 0 aromatic heterocycles. The Morgan fingerprint density at radius 1 is 1.40 bits per heavy atom. The van der Waals surface area contributed by atoms with Crippen molar-refractivity contribution in [3.8, 4) is 0 Å². The Bertz CT molecular complexity index is 280. The summed E-state index contributed by atoms with van der Waals surface area (Å²) in [6.45, 7) is 0.736. The van der Waals surface area contributed by atoms with Gasteiger partial charge < -0.3 is 9.47 Å². The Morgan fingerprint density at radius 3 is 3.00 bits per heavy atom. The van der Waals surface area contributed by atoms with Crippen LogP contribution in [0.5, 0.6) is 0 Å². The fourth-order valence-corrected chi connectivity index (χ4v) is 2.62. The summed E-state index contributed by atoms with van der Waals surface area (Å²) in [5, 5.41) is 0. The number of methoxy groups -OCH3 is 2. The van der Waals surface area contributed by atoms with Crippen LogP contribution >= 0.6 is 0 Å². The van der Waals surface area contributed by atoms with Crippen LogP contribution < -0.4 is 0 Å². The molecule has 3 rings (SSSR count). The lowest BCUT2D eigenvalue weighted by atomic mass is 9.78. The Labute approximate surface area is 92.0 Å². The molecule has 0 N–H and O–H groups in total. The smallest absolute Gasteiger partial charge is 0.104 e. The molecular formula is C13H20O2. The lowest BCUT2D eigenvalue weighted by Gasteiger charge is -2.35. The first-order valence-corrected chi connectivity index (χ1v) is 5.75. The highest BCUT2D eigenvalue weighted by atomic mass is 16.5. The van der Waals surface area contributed by atoms with E-state index in [1.54, 1.807) is 14.2 Å². The standard InChI is InChI=1S/C13H20O2/c1-14-10-12-9-13(15-2)7-4-3-5-11(12)6-8-13/h6,8-9,11H,3-5,7,10H2,1-2H3/t11-,13-/m0/s1. The normalized spacial score (nSPS) is 34.8. The molecule has 15 heavy (non-hydrogen) atoms. The first kappa shape index (κ1) is 10.9. The molecule has 2 heteroatoms. The van der Waals surface area contributed by atoms with E-state index in [4.69, 9.17) is 9.47 Å². The molecule has 0 aliphatic heterocycles. The van der Waals surface area contributed by atoms with Gasteiger partial charge in [-0.15, -0.1) is 0 Å². The van der Waals surface area contributed by atoms with E-state index < -0.39 is 0 Å². The SMILES string of the molecule is COCC1=C[C@@]2(OC)C=C[C@@H]1CCCC2. The fourth-order valence-electron chi connectivity index (χ4n) is 2.62. The number of allylic oxidation sites excluding steroid dienone is 1. The molecule has 2 atom stereocenters. The van der Waals surface area contributed by atoms with Crippen LogP contribution in [0.25, 0.3) is 0 Å². The fraction of sp³-hybridized carbons (Fsp3) is 0.692. The molecule has 0 aromatic carbocycles. The Morgan fingerprint density at radius 2 is 2.27 bits per heavy atom. The zero-order valence-electron chi connectivity index (χ0n) is 9.66. The van der Waals surface area contributed by atoms with E-state index in [0.717, 1.165) is 13.0 Å². The van der Waals surface area contributed by atoms with Crippen LogP contribution in [0.4, 0.5) is 0 Å². The van der Waals surface area contributed by atoms with Crippen molar-refractivity contribution in [3.05, 3.63) is 23.8 Å². The molecule has 0 saturated carbocycles. The highest BCUT2D eigenvalue weighted by Crippen LogP contribution is 2.36. The van der Waals surface area contributed by atoms with Gasteiger partial charge in [0.15, 0.2) is 0 Å². The summed E-state index contributed by atoms with van der Waals surface area (Å²) in [6, 6.07) is 0. The van der Waals surface area contributed by atoms with Crippen molar-refractivity contribution >= 4 is 0 Å². The lowest BCUT2D eigenvalue weighted by Crippen LogP contribution is -2.32. The summed E-state index contributed by atoms with van der Waals surface area (Å²) in [5.74, 6) is 0.577. The molecule has 2 bridgehead atoms. The molecule has 3 aliphatic carbocycles. The molecule has 0 spiro atoms. The van der Waals surface area contributed by atoms with Crippen LogP contribution in [-0.4, -0.2) is 26.4 Å². The zero-order valence-corrected chi connectivity index (χ0v) is 9.66. The average molecular weight is 208 g/mol. The summed E-state index contributed by atoms with van der Waals surface area (Å²) in [5.41, 5.74) is 1.24. The Balaban J connectivity index is 2.26. The Kier molecular flexibility index (Phi) is 3.27. The first-order chi connectivity index (χ1) is 7.29. The maximum Gasteiger partial charge on any atom is 0.104 e. The Hall–Kier alpha value is -0.600. The topological polar surface area (TPSA) is 18.5 Å². The van der Waals surface area contributed by atoms with Crippen LogP contribution in [0.3, 0.4) is 0 Å². The van der Waals surface area contributed by atoms with E-state index in [9.17, 15) is 0 Å². The zero-order chi connectivity index (χ0) is 10.7. The van der Waals surface area contributed by atoms with Gasteiger partial charge in [-0.2, -0.15) is 0 Å². The summed E-state index contributed by atoms with van der Waals surface area (Å²) < 4.78 is 10.9. The highest BCUT2D eigenvalue weighted by molar-refractivity contribution is 5.31.